The van der Waals surface area contributed by atoms with Crippen LogP contribution in [0.15, 0.2) is 346 Å². The Labute approximate surface area is 571 Å². The minimum atomic E-state index is -0.204. The molecule has 0 saturated heterocycles. The molecule has 0 amide bonds. The molecule has 5 nitrogen and oxygen atoms in total. The SMILES string of the molecule is c1ccc(-c2cc(-c3ccccc3)cc(-c3cc4c5c(c3)N(c3ccccc3)c3ccccc3B5c3cc5c(cc3O4)N(c3c(-c4ccccc4)cccc3-c3ccccc3)c3cc4c6c7c3B5c3ccccc3N7c3ccccc3B6c3ccccc3N4c3ccccc3)c2)cc1. The van der Waals surface area contributed by atoms with Crippen LogP contribution in [-0.2, 0) is 0 Å². The van der Waals surface area contributed by atoms with Crippen molar-refractivity contribution in [2.75, 3.05) is 19.6 Å². The Hall–Kier alpha value is -12.5. The van der Waals surface area contributed by atoms with Gasteiger partial charge in [0.2, 0.25) is 0 Å². The van der Waals surface area contributed by atoms with Gasteiger partial charge in [0.15, 0.2) is 0 Å². The first-order chi connectivity index (χ1) is 48.7. The zero-order valence-corrected chi connectivity index (χ0v) is 53.3. The maximum absolute atomic E-state index is 7.97. The second-order valence-corrected chi connectivity index (χ2v) is 26.6. The molecular formula is C90H57B3N4O. The van der Waals surface area contributed by atoms with Gasteiger partial charge in [0.05, 0.1) is 5.69 Å². The molecule has 0 bridgehead atoms. The van der Waals surface area contributed by atoms with Crippen molar-refractivity contribution in [3.05, 3.63) is 346 Å². The summed E-state index contributed by atoms with van der Waals surface area (Å²) in [7, 11) is 0. The summed E-state index contributed by atoms with van der Waals surface area (Å²) in [6.07, 6.45) is 0. The lowest BCUT2D eigenvalue weighted by Gasteiger charge is -2.51. The summed E-state index contributed by atoms with van der Waals surface area (Å²) in [6.45, 7) is -0.462. The third kappa shape index (κ3) is 8.06. The second kappa shape index (κ2) is 21.5. The van der Waals surface area contributed by atoms with E-state index >= 15 is 0 Å². The van der Waals surface area contributed by atoms with Crippen molar-refractivity contribution >= 4 is 138 Å². The molecule has 0 spiro atoms. The van der Waals surface area contributed by atoms with Crippen LogP contribution < -0.4 is 73.5 Å². The standard InChI is InChI=1S/C90H57B3N4O/c1-7-28-58(29-8-1)62-50-63(59-30-9-2-10-31-59)52-64(51-62)65-53-81-86-85(54-65)98-84-57-80-74(55-75(84)93(86)71-43-20-24-47-77(71)94(81)66-36-15-5-16-37-66)92-73-45-22-26-49-79(73)96-78-48-25-21-44-72(78)91-70-42-19-23-46-76(70)95(67-38-17-6-18-39-67)82-56-83(88(92)90(96)87(82)91)97(80)89-68(60-32-11-3-12-33-60)40-27-41-69(89)61-34-13-4-14-35-61/h1-57H. The molecule has 0 aromatic heterocycles. The molecule has 0 radical (unpaired) electrons. The molecule has 0 aliphatic carbocycles. The lowest BCUT2D eigenvalue weighted by atomic mass is 9.28. The van der Waals surface area contributed by atoms with E-state index in [1.54, 1.807) is 0 Å². The van der Waals surface area contributed by atoms with Crippen molar-refractivity contribution in [2.45, 2.75) is 0 Å². The highest BCUT2D eigenvalue weighted by Crippen LogP contribution is 2.54. The van der Waals surface area contributed by atoms with Crippen LogP contribution >= 0.6 is 0 Å². The van der Waals surface area contributed by atoms with E-state index in [-0.39, 0.29) is 20.1 Å². The first kappa shape index (κ1) is 54.8. The fraction of sp³-hybridized carbons (Fsp3) is 0. The predicted octanol–water partition coefficient (Wildman–Crippen LogP) is 17.1. The number of nitrogens with zero attached hydrogens (tertiary/aromatic N) is 4. The molecule has 0 saturated carbocycles. The summed E-state index contributed by atoms with van der Waals surface area (Å²) in [5, 5.41) is 0. The molecule has 6 aliphatic heterocycles. The van der Waals surface area contributed by atoms with Gasteiger partial charge in [0, 0.05) is 79.8 Å². The monoisotopic (exact) mass is 1240 g/mol. The molecule has 0 fully saturated rings. The van der Waals surface area contributed by atoms with Gasteiger partial charge in [0.1, 0.15) is 11.5 Å². The third-order valence-corrected chi connectivity index (χ3v) is 21.4. The van der Waals surface area contributed by atoms with E-state index < -0.39 is 0 Å². The smallest absolute Gasteiger partial charge is 0.256 e. The van der Waals surface area contributed by atoms with Crippen molar-refractivity contribution in [3.63, 3.8) is 0 Å². The maximum Gasteiger partial charge on any atom is 0.256 e. The first-order valence-corrected chi connectivity index (χ1v) is 34.1. The number of para-hydroxylation sites is 7. The number of benzene rings is 15. The average Bonchev–Trinajstić information content (AvgIpc) is 0.666. The molecule has 0 N–H and O–H groups in total. The molecule has 15 aromatic rings. The highest BCUT2D eigenvalue weighted by molar-refractivity contribution is 7.05. The van der Waals surface area contributed by atoms with Crippen LogP contribution in [0, 0.1) is 0 Å². The highest BCUT2D eigenvalue weighted by atomic mass is 16.5. The molecule has 21 rings (SSSR count). The quantitative estimate of drug-likeness (QED) is 0.141. The third-order valence-electron chi connectivity index (χ3n) is 21.4. The van der Waals surface area contributed by atoms with Gasteiger partial charge in [0.25, 0.3) is 20.1 Å². The number of anilines is 12. The number of ether oxygens (including phenoxy) is 1. The molecule has 6 aliphatic rings. The minimum absolute atomic E-state index is 0.0556. The Morgan fingerprint density at radius 3 is 1.03 bits per heavy atom. The summed E-state index contributed by atoms with van der Waals surface area (Å²) >= 11 is 0. The number of hydrogen-bond donors (Lipinski definition) is 0. The van der Waals surface area contributed by atoms with Crippen LogP contribution in [0.1, 0.15) is 0 Å². The van der Waals surface area contributed by atoms with Crippen LogP contribution in [0.2, 0.25) is 0 Å². The second-order valence-electron chi connectivity index (χ2n) is 26.6. The van der Waals surface area contributed by atoms with Crippen LogP contribution in [-0.4, -0.2) is 20.1 Å². The van der Waals surface area contributed by atoms with Gasteiger partial charge in [-0.1, -0.05) is 255 Å². The van der Waals surface area contributed by atoms with Crippen molar-refractivity contribution in [1.29, 1.82) is 0 Å². The van der Waals surface area contributed by atoms with Gasteiger partial charge < -0.3 is 24.3 Å². The Kier molecular flexibility index (Phi) is 12.0. The number of hydrogen-bond acceptors (Lipinski definition) is 5. The number of rotatable bonds is 8. The largest absolute Gasteiger partial charge is 0.458 e. The first-order valence-electron chi connectivity index (χ1n) is 34.1. The average molecular weight is 1240 g/mol. The van der Waals surface area contributed by atoms with Gasteiger partial charge in [-0.05, 0) is 179 Å². The van der Waals surface area contributed by atoms with Crippen LogP contribution in [0.4, 0.5) is 68.2 Å². The van der Waals surface area contributed by atoms with Gasteiger partial charge in [-0.25, -0.2) is 0 Å². The normalized spacial score (nSPS) is 13.4. The van der Waals surface area contributed by atoms with Crippen molar-refractivity contribution in [2.24, 2.45) is 0 Å². The Morgan fingerprint density at radius 2 is 0.551 bits per heavy atom. The molecule has 0 atom stereocenters. The van der Waals surface area contributed by atoms with E-state index in [0.29, 0.717) is 0 Å². The van der Waals surface area contributed by atoms with Crippen molar-refractivity contribution in [1.82, 2.24) is 0 Å². The summed E-state index contributed by atoms with van der Waals surface area (Å²) < 4.78 is 7.97. The van der Waals surface area contributed by atoms with Crippen LogP contribution in [0.3, 0.4) is 0 Å². The Bertz CT molecular complexity index is 5650. The maximum atomic E-state index is 7.97. The Morgan fingerprint density at radius 1 is 0.194 bits per heavy atom. The summed E-state index contributed by atoms with van der Waals surface area (Å²) in [5.41, 5.74) is 36.3. The molecule has 8 heteroatoms. The minimum Gasteiger partial charge on any atom is -0.458 e. The lowest BCUT2D eigenvalue weighted by molar-refractivity contribution is 0.488. The predicted molar refractivity (Wildman–Crippen MR) is 413 cm³/mol. The number of fused-ring (bicyclic) bond motifs is 14. The highest BCUT2D eigenvalue weighted by Gasteiger charge is 2.53. The van der Waals surface area contributed by atoms with Gasteiger partial charge >= 0.3 is 0 Å². The van der Waals surface area contributed by atoms with E-state index in [0.717, 1.165) is 124 Å². The summed E-state index contributed by atoms with van der Waals surface area (Å²) in [4.78, 5) is 10.3. The van der Waals surface area contributed by atoms with E-state index in [1.165, 1.54) is 61.0 Å². The van der Waals surface area contributed by atoms with E-state index in [4.69, 9.17) is 4.74 Å². The van der Waals surface area contributed by atoms with Crippen LogP contribution in [0.5, 0.6) is 11.5 Å². The lowest BCUT2D eigenvalue weighted by Crippen LogP contribution is -2.69. The molecule has 15 aromatic carbocycles. The van der Waals surface area contributed by atoms with Gasteiger partial charge in [-0.15, -0.1) is 0 Å². The molecular weight excluding hydrogens is 1190 g/mol. The van der Waals surface area contributed by atoms with Gasteiger partial charge in [-0.2, -0.15) is 0 Å². The van der Waals surface area contributed by atoms with Crippen molar-refractivity contribution < 1.29 is 4.74 Å². The van der Waals surface area contributed by atoms with E-state index in [1.807, 2.05) is 0 Å². The Balaban J connectivity index is 0.885. The summed E-state index contributed by atoms with van der Waals surface area (Å²) in [5.74, 6) is 1.68. The molecule has 6 heterocycles. The molecule has 98 heavy (non-hydrogen) atoms. The van der Waals surface area contributed by atoms with Gasteiger partial charge in [-0.3, -0.25) is 0 Å². The van der Waals surface area contributed by atoms with Crippen LogP contribution in [0.25, 0.3) is 55.6 Å². The molecule has 452 valence electrons. The van der Waals surface area contributed by atoms with Crippen molar-refractivity contribution in [3.8, 4) is 67.1 Å². The fourth-order valence-corrected chi connectivity index (χ4v) is 17.4. The van der Waals surface area contributed by atoms with E-state index in [2.05, 4.69) is 365 Å². The fourth-order valence-electron chi connectivity index (χ4n) is 17.4. The van der Waals surface area contributed by atoms with E-state index in [9.17, 15) is 0 Å². The zero-order valence-electron chi connectivity index (χ0n) is 53.3. The zero-order chi connectivity index (χ0) is 64.1. The summed E-state index contributed by atoms with van der Waals surface area (Å²) in [6, 6.07) is 129. The topological polar surface area (TPSA) is 22.2 Å². The molecule has 0 unspecified atom stereocenters.